The Bertz CT molecular complexity index is 929. The van der Waals surface area contributed by atoms with Crippen molar-refractivity contribution in [1.82, 2.24) is 4.90 Å². The van der Waals surface area contributed by atoms with Gasteiger partial charge in [0.25, 0.3) is 5.91 Å². The summed E-state index contributed by atoms with van der Waals surface area (Å²) in [5, 5.41) is 2.50. The highest BCUT2D eigenvalue weighted by Crippen LogP contribution is 2.26. The van der Waals surface area contributed by atoms with Crippen LogP contribution in [0.4, 0.5) is 0 Å². The van der Waals surface area contributed by atoms with Gasteiger partial charge in [0.05, 0.1) is 12.7 Å². The van der Waals surface area contributed by atoms with Gasteiger partial charge in [-0.2, -0.15) is 0 Å². The molecule has 0 N–H and O–H groups in total. The summed E-state index contributed by atoms with van der Waals surface area (Å²) in [6.45, 7) is 9.39. The van der Waals surface area contributed by atoms with Gasteiger partial charge in [-0.05, 0) is 54.7 Å². The zero-order valence-corrected chi connectivity index (χ0v) is 18.4. The summed E-state index contributed by atoms with van der Waals surface area (Å²) in [5.74, 6) is 0.703. The lowest BCUT2D eigenvalue weighted by Gasteiger charge is -2.22. The van der Waals surface area contributed by atoms with Crippen molar-refractivity contribution >= 4 is 16.7 Å². The second-order valence-corrected chi connectivity index (χ2v) is 6.65. The summed E-state index contributed by atoms with van der Waals surface area (Å²) < 4.78 is 5.51. The van der Waals surface area contributed by atoms with Gasteiger partial charge in [0, 0.05) is 13.1 Å². The van der Waals surface area contributed by atoms with Crippen molar-refractivity contribution in [2.75, 3.05) is 20.2 Å². The maximum Gasteiger partial charge on any atom is 0.257 e. The molecule has 3 heteroatoms. The Labute approximate surface area is 175 Å². The number of hydrogen-bond donors (Lipinski definition) is 0. The van der Waals surface area contributed by atoms with Gasteiger partial charge in [0.1, 0.15) is 5.75 Å². The van der Waals surface area contributed by atoms with Crippen molar-refractivity contribution in [3.8, 4) is 5.75 Å². The molecule has 3 nitrogen and oxygen atoms in total. The average Bonchev–Trinajstić information content (AvgIpc) is 2.79. The fourth-order valence-corrected chi connectivity index (χ4v) is 3.54. The van der Waals surface area contributed by atoms with E-state index in [9.17, 15) is 4.79 Å². The van der Waals surface area contributed by atoms with E-state index in [0.29, 0.717) is 24.4 Å². The number of benzene rings is 3. The van der Waals surface area contributed by atoms with E-state index in [0.717, 1.165) is 18.4 Å². The zero-order valence-electron chi connectivity index (χ0n) is 18.4. The van der Waals surface area contributed by atoms with E-state index in [2.05, 4.69) is 42.5 Å². The lowest BCUT2D eigenvalue weighted by molar-refractivity contribution is 0.0768. The van der Waals surface area contributed by atoms with E-state index in [1.807, 2.05) is 50.8 Å². The molecule has 0 saturated carbocycles. The Kier molecular flexibility index (Phi) is 8.72. The lowest BCUT2D eigenvalue weighted by atomic mass is 9.97. The number of fused-ring (bicyclic) bond motifs is 1. The molecule has 0 aliphatic carbocycles. The van der Waals surface area contributed by atoms with Gasteiger partial charge >= 0.3 is 0 Å². The first-order valence-electron chi connectivity index (χ1n) is 10.6. The number of ether oxygens (including phenoxy) is 1. The SMILES string of the molecule is CC.CCN(CC)C(=O)c1c(CCc2ccc3ccccc3c2)cccc1OC. The summed E-state index contributed by atoms with van der Waals surface area (Å²) >= 11 is 0. The van der Waals surface area contributed by atoms with Crippen LogP contribution in [0.2, 0.25) is 0 Å². The molecule has 0 saturated heterocycles. The Morgan fingerprint density at radius 1 is 0.862 bits per heavy atom. The van der Waals surface area contributed by atoms with Gasteiger partial charge in [0.15, 0.2) is 0 Å². The van der Waals surface area contributed by atoms with E-state index in [4.69, 9.17) is 4.74 Å². The van der Waals surface area contributed by atoms with Crippen molar-refractivity contribution in [3.63, 3.8) is 0 Å². The zero-order chi connectivity index (χ0) is 21.2. The van der Waals surface area contributed by atoms with Gasteiger partial charge in [0.2, 0.25) is 0 Å². The second-order valence-electron chi connectivity index (χ2n) is 6.65. The molecule has 29 heavy (non-hydrogen) atoms. The summed E-state index contributed by atoms with van der Waals surface area (Å²) in [4.78, 5) is 14.9. The smallest absolute Gasteiger partial charge is 0.257 e. The van der Waals surface area contributed by atoms with Gasteiger partial charge in [-0.1, -0.05) is 68.4 Å². The highest BCUT2D eigenvalue weighted by molar-refractivity contribution is 5.98. The number of nitrogens with zero attached hydrogens (tertiary/aromatic N) is 1. The van der Waals surface area contributed by atoms with Crippen molar-refractivity contribution in [3.05, 3.63) is 77.4 Å². The van der Waals surface area contributed by atoms with Crippen LogP contribution in [-0.2, 0) is 12.8 Å². The average molecular weight is 392 g/mol. The van der Waals surface area contributed by atoms with Gasteiger partial charge < -0.3 is 9.64 Å². The Balaban J connectivity index is 0.00000145. The number of hydrogen-bond acceptors (Lipinski definition) is 2. The molecule has 154 valence electrons. The molecule has 0 spiro atoms. The lowest BCUT2D eigenvalue weighted by Crippen LogP contribution is -2.31. The summed E-state index contributed by atoms with van der Waals surface area (Å²) in [6, 6.07) is 20.8. The topological polar surface area (TPSA) is 29.5 Å². The van der Waals surface area contributed by atoms with Crippen LogP contribution in [0.15, 0.2) is 60.7 Å². The Hall–Kier alpha value is -2.81. The molecule has 3 aromatic carbocycles. The summed E-state index contributed by atoms with van der Waals surface area (Å²) in [5.41, 5.74) is 3.02. The van der Waals surface area contributed by atoms with E-state index in [-0.39, 0.29) is 5.91 Å². The highest BCUT2D eigenvalue weighted by Gasteiger charge is 2.21. The molecular weight excluding hydrogens is 358 g/mol. The number of carbonyl (C=O) groups is 1. The molecule has 0 aliphatic heterocycles. The maximum atomic E-state index is 13.0. The van der Waals surface area contributed by atoms with Gasteiger partial charge in [-0.25, -0.2) is 0 Å². The second kappa shape index (κ2) is 11.3. The van der Waals surface area contributed by atoms with Crippen molar-refractivity contribution in [1.29, 1.82) is 0 Å². The molecule has 0 fully saturated rings. The van der Waals surface area contributed by atoms with E-state index >= 15 is 0 Å². The first kappa shape index (κ1) is 22.5. The first-order valence-corrected chi connectivity index (χ1v) is 10.6. The molecule has 0 unspecified atom stereocenters. The number of carbonyl (C=O) groups excluding carboxylic acids is 1. The van der Waals surface area contributed by atoms with Crippen LogP contribution < -0.4 is 4.74 Å². The van der Waals surface area contributed by atoms with Crippen molar-refractivity contribution in [2.45, 2.75) is 40.5 Å². The van der Waals surface area contributed by atoms with Crippen LogP contribution in [-0.4, -0.2) is 31.0 Å². The van der Waals surface area contributed by atoms with Crippen LogP contribution in [0.5, 0.6) is 5.75 Å². The fraction of sp³-hybridized carbons (Fsp3) is 0.346. The quantitative estimate of drug-likeness (QED) is 0.484. The predicted octanol–water partition coefficient (Wildman–Crippen LogP) is 6.14. The molecule has 3 rings (SSSR count). The molecule has 0 heterocycles. The third-order valence-electron chi connectivity index (χ3n) is 5.09. The molecule has 0 aromatic heterocycles. The van der Waals surface area contributed by atoms with E-state index < -0.39 is 0 Å². The molecule has 0 aliphatic rings. The predicted molar refractivity (Wildman–Crippen MR) is 123 cm³/mol. The minimum atomic E-state index is 0.0472. The highest BCUT2D eigenvalue weighted by atomic mass is 16.5. The number of amides is 1. The molecule has 0 bridgehead atoms. The molecule has 0 atom stereocenters. The van der Waals surface area contributed by atoms with E-state index in [1.54, 1.807) is 7.11 Å². The number of rotatable bonds is 7. The Morgan fingerprint density at radius 3 is 2.21 bits per heavy atom. The van der Waals surface area contributed by atoms with Gasteiger partial charge in [-0.3, -0.25) is 4.79 Å². The van der Waals surface area contributed by atoms with Crippen LogP contribution in [0.1, 0.15) is 49.2 Å². The number of methoxy groups -OCH3 is 1. The fourth-order valence-electron chi connectivity index (χ4n) is 3.54. The van der Waals surface area contributed by atoms with Crippen molar-refractivity contribution in [2.24, 2.45) is 0 Å². The monoisotopic (exact) mass is 391 g/mol. The van der Waals surface area contributed by atoms with Crippen LogP contribution >= 0.6 is 0 Å². The molecule has 0 radical (unpaired) electrons. The standard InChI is InChI=1S/C24H27NO2.C2H6/c1-4-25(5-2)24(26)23-20(11-8-12-22(23)27-3)16-14-18-13-15-19-9-6-7-10-21(19)17-18;1-2/h6-13,15,17H,4-5,14,16H2,1-3H3;1-2H3. The minimum Gasteiger partial charge on any atom is -0.496 e. The normalized spacial score (nSPS) is 10.2. The van der Waals surface area contributed by atoms with Crippen LogP contribution in [0, 0.1) is 0 Å². The van der Waals surface area contributed by atoms with Crippen molar-refractivity contribution < 1.29 is 9.53 Å². The first-order chi connectivity index (χ1) is 14.2. The largest absolute Gasteiger partial charge is 0.496 e. The van der Waals surface area contributed by atoms with Crippen LogP contribution in [0.25, 0.3) is 10.8 Å². The minimum absolute atomic E-state index is 0.0472. The molecular formula is C26H33NO2. The summed E-state index contributed by atoms with van der Waals surface area (Å²) in [6.07, 6.45) is 1.69. The third-order valence-corrected chi connectivity index (χ3v) is 5.09. The summed E-state index contributed by atoms with van der Waals surface area (Å²) in [7, 11) is 1.63. The molecule has 1 amide bonds. The number of aryl methyl sites for hydroxylation is 2. The van der Waals surface area contributed by atoms with E-state index in [1.165, 1.54) is 16.3 Å². The third kappa shape index (κ3) is 5.38. The van der Waals surface area contributed by atoms with Gasteiger partial charge in [-0.15, -0.1) is 0 Å². The molecule has 3 aromatic rings. The van der Waals surface area contributed by atoms with Crippen LogP contribution in [0.3, 0.4) is 0 Å². The Morgan fingerprint density at radius 2 is 1.55 bits per heavy atom. The maximum absolute atomic E-state index is 13.0.